The number of thioether (sulfide) groups is 1. The van der Waals surface area contributed by atoms with Crippen LogP contribution in [0.1, 0.15) is 16.7 Å². The molecule has 0 unspecified atom stereocenters. The third kappa shape index (κ3) is 5.31. The van der Waals surface area contributed by atoms with E-state index < -0.39 is 11.7 Å². The molecule has 184 valence electrons. The summed E-state index contributed by atoms with van der Waals surface area (Å²) < 4.78 is 43.8. The third-order valence-corrected chi connectivity index (χ3v) is 6.67. The van der Waals surface area contributed by atoms with Crippen LogP contribution < -0.4 is 5.32 Å². The number of carbonyl (C=O) groups is 1. The van der Waals surface area contributed by atoms with E-state index in [1.54, 1.807) is 36.9 Å². The Balaban J connectivity index is 1.33. The Morgan fingerprint density at radius 1 is 1.19 bits per heavy atom. The molecule has 0 radical (unpaired) electrons. The highest BCUT2D eigenvalue weighted by molar-refractivity contribution is 8.18. The van der Waals surface area contributed by atoms with Crippen LogP contribution in [0.5, 0.6) is 0 Å². The van der Waals surface area contributed by atoms with Crippen molar-refractivity contribution in [2.75, 3.05) is 6.54 Å². The maximum absolute atomic E-state index is 13.5. The topological polar surface area (TPSA) is 77.1 Å². The lowest BCUT2D eigenvalue weighted by atomic mass is 10.1. The zero-order valence-corrected chi connectivity index (χ0v) is 20.1. The lowest BCUT2D eigenvalue weighted by Gasteiger charge is -2.14. The maximum Gasteiger partial charge on any atom is 0.416 e. The number of hydrogen-bond donors (Lipinski definition) is 1. The summed E-state index contributed by atoms with van der Waals surface area (Å²) >= 11 is 7.04. The van der Waals surface area contributed by atoms with E-state index in [4.69, 9.17) is 11.6 Å². The van der Waals surface area contributed by atoms with Crippen LogP contribution in [0.2, 0.25) is 5.02 Å². The number of halogens is 4. The Hall–Kier alpha value is -3.57. The Morgan fingerprint density at radius 3 is 2.83 bits per heavy atom. The highest BCUT2D eigenvalue weighted by atomic mass is 35.5. The molecule has 4 aromatic rings. The normalized spacial score (nSPS) is 16.4. The molecule has 0 bridgehead atoms. The number of benzene rings is 2. The van der Waals surface area contributed by atoms with Gasteiger partial charge in [0.15, 0.2) is 5.17 Å². The molecule has 2 aromatic carbocycles. The standard InChI is InChI=1S/C24H18ClF3N6OS/c25-18-3-2-16(19(11-18)24(26,27)28)13-34-20-4-1-15(9-17(20)12-31-34)10-21-22(35)32-23(36-21)30-6-8-33-7-5-29-14-33/h1-5,7,9-12,14H,6,8,13H2,(H,30,32,35)/b21-10-. The summed E-state index contributed by atoms with van der Waals surface area (Å²) in [6.45, 7) is 1.09. The van der Waals surface area contributed by atoms with E-state index in [2.05, 4.69) is 20.4 Å². The molecular formula is C24H18ClF3N6OS. The molecule has 0 spiro atoms. The van der Waals surface area contributed by atoms with Gasteiger partial charge in [0.2, 0.25) is 0 Å². The van der Waals surface area contributed by atoms with Crippen LogP contribution in [0, 0.1) is 0 Å². The summed E-state index contributed by atoms with van der Waals surface area (Å²) in [5.41, 5.74) is 0.723. The van der Waals surface area contributed by atoms with E-state index in [1.165, 1.54) is 28.6 Å². The summed E-state index contributed by atoms with van der Waals surface area (Å²) in [4.78, 5) is 21.3. The minimum absolute atomic E-state index is 0.0225. The number of nitrogens with zero attached hydrogens (tertiary/aromatic N) is 5. The number of imidazole rings is 1. The first-order chi connectivity index (χ1) is 17.3. The number of carbonyl (C=O) groups excluding carboxylic acids is 1. The van der Waals surface area contributed by atoms with Gasteiger partial charge in [0.25, 0.3) is 5.91 Å². The van der Waals surface area contributed by atoms with Gasteiger partial charge < -0.3 is 9.88 Å². The molecule has 1 aliphatic heterocycles. The summed E-state index contributed by atoms with van der Waals surface area (Å²) in [6, 6.07) is 9.12. The second kappa shape index (κ2) is 9.82. The summed E-state index contributed by atoms with van der Waals surface area (Å²) in [5.74, 6) is -0.236. The van der Waals surface area contributed by atoms with E-state index >= 15 is 0 Å². The summed E-state index contributed by atoms with van der Waals surface area (Å²) in [6.07, 6.45) is 4.05. The van der Waals surface area contributed by atoms with Gasteiger partial charge in [0.05, 0.1) is 41.6 Å². The molecule has 1 aliphatic rings. The molecule has 1 saturated heterocycles. The Morgan fingerprint density at radius 2 is 2.06 bits per heavy atom. The molecule has 12 heteroatoms. The third-order valence-electron chi connectivity index (χ3n) is 5.48. The van der Waals surface area contributed by atoms with Crippen LogP contribution in [-0.2, 0) is 24.1 Å². The number of rotatable bonds is 6. The molecular weight excluding hydrogens is 513 g/mol. The Bertz CT molecular complexity index is 1490. The first kappa shape index (κ1) is 24.1. The number of amides is 1. The van der Waals surface area contributed by atoms with Crippen LogP contribution in [0.4, 0.5) is 13.2 Å². The monoisotopic (exact) mass is 530 g/mol. The first-order valence-electron chi connectivity index (χ1n) is 10.8. The second-order valence-electron chi connectivity index (χ2n) is 7.97. The molecule has 1 N–H and O–H groups in total. The van der Waals surface area contributed by atoms with Crippen molar-refractivity contribution in [3.63, 3.8) is 0 Å². The lowest BCUT2D eigenvalue weighted by molar-refractivity contribution is -0.138. The highest BCUT2D eigenvalue weighted by Gasteiger charge is 2.33. The van der Waals surface area contributed by atoms with Gasteiger partial charge in [-0.3, -0.25) is 14.5 Å². The number of nitrogens with one attached hydrogen (secondary N) is 1. The van der Waals surface area contributed by atoms with E-state index in [0.717, 1.165) is 17.0 Å². The predicted octanol–water partition coefficient (Wildman–Crippen LogP) is 5.21. The molecule has 0 saturated carbocycles. The quantitative estimate of drug-likeness (QED) is 0.347. The number of aromatic nitrogens is 4. The van der Waals surface area contributed by atoms with Crippen LogP contribution >= 0.6 is 23.4 Å². The van der Waals surface area contributed by atoms with Gasteiger partial charge in [-0.2, -0.15) is 18.3 Å². The number of fused-ring (bicyclic) bond motifs is 1. The van der Waals surface area contributed by atoms with Gasteiger partial charge in [0.1, 0.15) is 0 Å². The number of aliphatic imine (C=N–C) groups is 1. The second-order valence-corrected chi connectivity index (χ2v) is 9.44. The smallest absolute Gasteiger partial charge is 0.336 e. The van der Waals surface area contributed by atoms with Gasteiger partial charge in [-0.25, -0.2) is 4.98 Å². The lowest BCUT2D eigenvalue weighted by Crippen LogP contribution is -2.20. The highest BCUT2D eigenvalue weighted by Crippen LogP contribution is 2.34. The van der Waals surface area contributed by atoms with E-state index in [9.17, 15) is 18.0 Å². The molecule has 3 heterocycles. The minimum atomic E-state index is -4.52. The number of alkyl halides is 3. The number of hydrogen-bond acceptors (Lipinski definition) is 5. The Labute approximate surface area is 212 Å². The van der Waals surface area contributed by atoms with Crippen molar-refractivity contribution in [1.82, 2.24) is 24.6 Å². The van der Waals surface area contributed by atoms with Gasteiger partial charge in [0, 0.05) is 29.3 Å². The van der Waals surface area contributed by atoms with E-state index in [1.807, 2.05) is 16.8 Å². The average molecular weight is 531 g/mol. The van der Waals surface area contributed by atoms with Crippen molar-refractivity contribution in [3.8, 4) is 0 Å². The van der Waals surface area contributed by atoms with Gasteiger partial charge in [-0.1, -0.05) is 23.7 Å². The zero-order chi connectivity index (χ0) is 25.3. The van der Waals surface area contributed by atoms with Crippen LogP contribution in [0.25, 0.3) is 17.0 Å². The molecule has 5 rings (SSSR count). The molecule has 0 aliphatic carbocycles. The van der Waals surface area contributed by atoms with Crippen LogP contribution in [0.3, 0.4) is 0 Å². The van der Waals surface area contributed by atoms with Gasteiger partial charge in [-0.05, 0) is 53.2 Å². The first-order valence-corrected chi connectivity index (χ1v) is 12.0. The largest absolute Gasteiger partial charge is 0.416 e. The predicted molar refractivity (Wildman–Crippen MR) is 134 cm³/mol. The molecule has 1 fully saturated rings. The summed E-state index contributed by atoms with van der Waals surface area (Å²) in [5, 5.41) is 8.33. The zero-order valence-electron chi connectivity index (χ0n) is 18.5. The fourth-order valence-corrected chi connectivity index (χ4v) is 4.79. The van der Waals surface area contributed by atoms with Gasteiger partial charge in [-0.15, -0.1) is 0 Å². The van der Waals surface area contributed by atoms with Crippen molar-refractivity contribution >= 4 is 51.4 Å². The maximum atomic E-state index is 13.5. The molecule has 0 atom stereocenters. The van der Waals surface area contributed by atoms with Gasteiger partial charge >= 0.3 is 6.18 Å². The van der Waals surface area contributed by atoms with Crippen molar-refractivity contribution in [2.45, 2.75) is 19.3 Å². The van der Waals surface area contributed by atoms with E-state index in [0.29, 0.717) is 28.7 Å². The molecule has 7 nitrogen and oxygen atoms in total. The van der Waals surface area contributed by atoms with Crippen LogP contribution in [-0.4, -0.2) is 37.0 Å². The number of amidine groups is 1. The molecule has 1 amide bonds. The molecule has 2 aromatic heterocycles. The van der Waals surface area contributed by atoms with Crippen molar-refractivity contribution in [3.05, 3.63) is 87.9 Å². The fourth-order valence-electron chi connectivity index (χ4n) is 3.77. The van der Waals surface area contributed by atoms with Crippen molar-refractivity contribution in [1.29, 1.82) is 0 Å². The fraction of sp³-hybridized carbons (Fsp3) is 0.167. The molecule has 36 heavy (non-hydrogen) atoms. The average Bonchev–Trinajstić information content (AvgIpc) is 3.56. The van der Waals surface area contributed by atoms with Crippen molar-refractivity contribution in [2.24, 2.45) is 4.99 Å². The SMILES string of the molecule is O=C1NC(=NCCn2ccnc2)S/C1=C\c1ccc2c(cnn2Cc2ccc(Cl)cc2C(F)(F)F)c1. The minimum Gasteiger partial charge on any atom is -0.336 e. The van der Waals surface area contributed by atoms with Crippen molar-refractivity contribution < 1.29 is 18.0 Å². The summed E-state index contributed by atoms with van der Waals surface area (Å²) in [7, 11) is 0. The van der Waals surface area contributed by atoms with Crippen LogP contribution in [0.15, 0.2) is 71.2 Å². The Kier molecular flexibility index (Phi) is 6.59. The van der Waals surface area contributed by atoms with E-state index in [-0.39, 0.29) is 23.0 Å².